The highest BCUT2D eigenvalue weighted by molar-refractivity contribution is 5.20. The van der Waals surface area contributed by atoms with E-state index >= 15 is 0 Å². The van der Waals surface area contributed by atoms with Crippen molar-refractivity contribution < 1.29 is 4.74 Å². The summed E-state index contributed by atoms with van der Waals surface area (Å²) in [6.07, 6.45) is 3.74. The van der Waals surface area contributed by atoms with Crippen LogP contribution in [-0.4, -0.2) is 9.97 Å². The summed E-state index contributed by atoms with van der Waals surface area (Å²) in [5.74, 6) is 0. The predicted molar refractivity (Wildman–Crippen MR) is 55.0 cm³/mol. The Morgan fingerprint density at radius 2 is 1.33 bits per heavy atom. The molecule has 0 saturated carbocycles. The van der Waals surface area contributed by atoms with Gasteiger partial charge < -0.3 is 4.74 Å². The van der Waals surface area contributed by atoms with Gasteiger partial charge in [-0.15, -0.1) is 0 Å². The fourth-order valence-electron chi connectivity index (χ4n) is 1.65. The smallest absolute Gasteiger partial charge is 0.132 e. The number of nitrogens with zero attached hydrogens (tertiary/aromatic N) is 2. The lowest BCUT2D eigenvalue weighted by atomic mass is 10.1. The van der Waals surface area contributed by atoms with Crippen molar-refractivity contribution in [2.24, 2.45) is 0 Å². The second-order valence-electron chi connectivity index (χ2n) is 3.49. The highest BCUT2D eigenvalue weighted by Crippen LogP contribution is 2.49. The molecule has 0 radical (unpaired) electrons. The second kappa shape index (κ2) is 3.44. The number of epoxide rings is 1. The summed E-state index contributed by atoms with van der Waals surface area (Å²) in [4.78, 5) is 8.53. The third-order valence-corrected chi connectivity index (χ3v) is 2.45. The molecule has 1 fully saturated rings. The van der Waals surface area contributed by atoms with Crippen LogP contribution in [0.1, 0.15) is 23.6 Å². The lowest BCUT2D eigenvalue weighted by Crippen LogP contribution is -1.89. The zero-order chi connectivity index (χ0) is 10.1. The topological polar surface area (TPSA) is 38.3 Å². The first kappa shape index (κ1) is 8.56. The van der Waals surface area contributed by atoms with Gasteiger partial charge in [-0.2, -0.15) is 0 Å². The third-order valence-electron chi connectivity index (χ3n) is 2.45. The summed E-state index contributed by atoms with van der Waals surface area (Å²) in [5.41, 5.74) is 1.96. The molecular weight excluding hydrogens is 188 g/mol. The van der Waals surface area contributed by atoms with Crippen LogP contribution in [0.4, 0.5) is 0 Å². The van der Waals surface area contributed by atoms with Crippen molar-refractivity contribution in [1.82, 2.24) is 9.97 Å². The molecule has 1 saturated heterocycles. The monoisotopic (exact) mass is 198 g/mol. The van der Waals surface area contributed by atoms with Crippen molar-refractivity contribution in [1.29, 1.82) is 0 Å². The van der Waals surface area contributed by atoms with Gasteiger partial charge in [0.1, 0.15) is 12.2 Å². The van der Waals surface area contributed by atoms with Crippen LogP contribution in [0, 0.1) is 0 Å². The Morgan fingerprint density at radius 1 is 0.800 bits per heavy atom. The van der Waals surface area contributed by atoms with Crippen LogP contribution in [0.25, 0.3) is 0 Å². The van der Waals surface area contributed by atoms with E-state index in [-0.39, 0.29) is 12.2 Å². The first-order valence-corrected chi connectivity index (χ1v) is 4.92. The van der Waals surface area contributed by atoms with E-state index in [0.29, 0.717) is 0 Å². The van der Waals surface area contributed by atoms with Crippen LogP contribution >= 0.6 is 0 Å². The largest absolute Gasteiger partial charge is 0.356 e. The Morgan fingerprint density at radius 3 is 1.73 bits per heavy atom. The molecule has 3 heteroatoms. The minimum atomic E-state index is 0.0844. The highest BCUT2D eigenvalue weighted by atomic mass is 16.6. The Hall–Kier alpha value is -1.74. The minimum Gasteiger partial charge on any atom is -0.356 e. The highest BCUT2D eigenvalue weighted by Gasteiger charge is 2.43. The number of ether oxygens (including phenoxy) is 1. The Bertz CT molecular complexity index is 400. The number of hydrogen-bond acceptors (Lipinski definition) is 3. The van der Waals surface area contributed by atoms with Crippen LogP contribution in [0.5, 0.6) is 0 Å². The molecule has 0 N–H and O–H groups in total. The molecule has 0 aromatic carbocycles. The van der Waals surface area contributed by atoms with Gasteiger partial charge in [-0.25, -0.2) is 0 Å². The molecule has 0 aliphatic carbocycles. The van der Waals surface area contributed by atoms with Crippen molar-refractivity contribution in [3.8, 4) is 0 Å². The summed E-state index contributed by atoms with van der Waals surface area (Å²) in [5, 5.41) is 0. The summed E-state index contributed by atoms with van der Waals surface area (Å²) >= 11 is 0. The number of aromatic nitrogens is 2. The minimum absolute atomic E-state index is 0.0844. The van der Waals surface area contributed by atoms with Crippen LogP contribution in [0.3, 0.4) is 0 Å². The van der Waals surface area contributed by atoms with Crippen molar-refractivity contribution in [3.05, 3.63) is 60.2 Å². The van der Waals surface area contributed by atoms with E-state index < -0.39 is 0 Å². The lowest BCUT2D eigenvalue weighted by Gasteiger charge is -1.94. The zero-order valence-corrected chi connectivity index (χ0v) is 8.08. The first-order valence-electron chi connectivity index (χ1n) is 4.92. The van der Waals surface area contributed by atoms with Crippen LogP contribution in [0.2, 0.25) is 0 Å². The fraction of sp³-hybridized carbons (Fsp3) is 0.167. The third kappa shape index (κ3) is 1.62. The standard InChI is InChI=1S/C12H10N2O/c1-3-7-13-9(5-1)11-12(15-11)10-6-2-4-8-14-10/h1-8,11-12H/t11-,12+. The number of hydrogen-bond donors (Lipinski definition) is 0. The molecule has 3 nitrogen and oxygen atoms in total. The molecule has 0 spiro atoms. The molecule has 2 aromatic rings. The van der Waals surface area contributed by atoms with Gasteiger partial charge in [-0.1, -0.05) is 12.1 Å². The second-order valence-corrected chi connectivity index (χ2v) is 3.49. The van der Waals surface area contributed by atoms with Crippen LogP contribution in [-0.2, 0) is 4.74 Å². The Balaban J connectivity index is 1.81. The van der Waals surface area contributed by atoms with Gasteiger partial charge in [0.15, 0.2) is 0 Å². The summed E-state index contributed by atoms with van der Waals surface area (Å²) < 4.78 is 5.56. The van der Waals surface area contributed by atoms with Gasteiger partial charge in [0.25, 0.3) is 0 Å². The fourth-order valence-corrected chi connectivity index (χ4v) is 1.65. The predicted octanol–water partition coefficient (Wildman–Crippen LogP) is 2.29. The van der Waals surface area contributed by atoms with Gasteiger partial charge >= 0.3 is 0 Å². The summed E-state index contributed by atoms with van der Waals surface area (Å²) in [6, 6.07) is 11.7. The van der Waals surface area contributed by atoms with Gasteiger partial charge in [0, 0.05) is 12.4 Å². The van der Waals surface area contributed by atoms with Crippen molar-refractivity contribution in [2.45, 2.75) is 12.2 Å². The quantitative estimate of drug-likeness (QED) is 0.695. The van der Waals surface area contributed by atoms with Gasteiger partial charge in [0.2, 0.25) is 0 Å². The van der Waals surface area contributed by atoms with E-state index in [1.807, 2.05) is 36.4 Å². The molecule has 2 aromatic heterocycles. The average molecular weight is 198 g/mol. The SMILES string of the molecule is c1ccc([C@H]2O[C@H]2c2ccccn2)nc1. The van der Waals surface area contributed by atoms with Crippen molar-refractivity contribution in [2.75, 3.05) is 0 Å². The van der Waals surface area contributed by atoms with Crippen LogP contribution < -0.4 is 0 Å². The molecule has 0 unspecified atom stereocenters. The van der Waals surface area contributed by atoms with E-state index in [0.717, 1.165) is 11.4 Å². The van der Waals surface area contributed by atoms with Crippen LogP contribution in [0.15, 0.2) is 48.8 Å². The molecule has 1 aliphatic heterocycles. The maximum absolute atomic E-state index is 5.56. The molecule has 0 amide bonds. The van der Waals surface area contributed by atoms with Gasteiger partial charge in [-0.3, -0.25) is 9.97 Å². The van der Waals surface area contributed by atoms with E-state index in [9.17, 15) is 0 Å². The summed E-state index contributed by atoms with van der Waals surface area (Å²) in [6.45, 7) is 0. The Labute approximate surface area is 87.8 Å². The molecule has 15 heavy (non-hydrogen) atoms. The molecule has 1 aliphatic rings. The summed E-state index contributed by atoms with van der Waals surface area (Å²) in [7, 11) is 0. The molecule has 2 atom stereocenters. The van der Waals surface area contributed by atoms with E-state index in [4.69, 9.17) is 4.74 Å². The number of rotatable bonds is 2. The molecule has 3 rings (SSSR count). The number of pyridine rings is 2. The molecule has 0 bridgehead atoms. The maximum atomic E-state index is 5.56. The van der Waals surface area contributed by atoms with Crippen molar-refractivity contribution >= 4 is 0 Å². The Kier molecular flexibility index (Phi) is 1.96. The van der Waals surface area contributed by atoms with E-state index in [2.05, 4.69) is 9.97 Å². The van der Waals surface area contributed by atoms with Crippen molar-refractivity contribution in [3.63, 3.8) is 0 Å². The zero-order valence-electron chi connectivity index (χ0n) is 8.08. The normalized spacial score (nSPS) is 23.7. The van der Waals surface area contributed by atoms with E-state index in [1.165, 1.54) is 0 Å². The molecular formula is C12H10N2O. The molecule has 74 valence electrons. The lowest BCUT2D eigenvalue weighted by molar-refractivity contribution is 0.372. The van der Waals surface area contributed by atoms with Gasteiger partial charge in [-0.05, 0) is 24.3 Å². The molecule has 3 heterocycles. The average Bonchev–Trinajstić information content (AvgIpc) is 3.11. The maximum Gasteiger partial charge on any atom is 0.132 e. The van der Waals surface area contributed by atoms with Gasteiger partial charge in [0.05, 0.1) is 11.4 Å². The first-order chi connectivity index (χ1) is 7.45. The van der Waals surface area contributed by atoms with E-state index in [1.54, 1.807) is 12.4 Å².